The molecule has 1 aromatic carbocycles. The fraction of sp³-hybridized carbons (Fsp3) is 0.562. The lowest BCUT2D eigenvalue weighted by molar-refractivity contribution is 0.325. The largest absolute Gasteiger partial charge is 0.331 e. The van der Waals surface area contributed by atoms with E-state index in [-0.39, 0.29) is 0 Å². The van der Waals surface area contributed by atoms with Crippen LogP contribution in [0.5, 0.6) is 0 Å². The van der Waals surface area contributed by atoms with E-state index in [0.717, 1.165) is 17.3 Å². The maximum absolute atomic E-state index is 5.97. The third-order valence-electron chi connectivity index (χ3n) is 4.58. The molecule has 0 atom stereocenters. The number of rotatable bonds is 2. The van der Waals surface area contributed by atoms with E-state index in [1.54, 1.807) is 0 Å². The van der Waals surface area contributed by atoms with Crippen molar-refractivity contribution < 1.29 is 0 Å². The number of fused-ring (bicyclic) bond motifs is 1. The average molecular weight is 257 g/mol. The highest BCUT2D eigenvalue weighted by Gasteiger charge is 2.19. The van der Waals surface area contributed by atoms with Gasteiger partial charge in [0.1, 0.15) is 5.82 Å². The molecule has 0 amide bonds. The van der Waals surface area contributed by atoms with Crippen LogP contribution in [-0.4, -0.2) is 15.6 Å². The molecule has 0 unspecified atom stereocenters. The van der Waals surface area contributed by atoms with E-state index in [0.29, 0.717) is 6.04 Å². The third kappa shape index (κ3) is 2.52. The minimum atomic E-state index is 0.442. The van der Waals surface area contributed by atoms with Gasteiger partial charge >= 0.3 is 0 Å². The Morgan fingerprint density at radius 1 is 1.26 bits per heavy atom. The van der Waals surface area contributed by atoms with Crippen LogP contribution in [0.25, 0.3) is 11.0 Å². The normalized spacial score (nSPS) is 23.9. The Balaban J connectivity index is 1.78. The fourth-order valence-corrected chi connectivity index (χ4v) is 3.22. The molecule has 1 saturated carbocycles. The second-order valence-corrected chi connectivity index (χ2v) is 6.03. The van der Waals surface area contributed by atoms with Crippen molar-refractivity contribution in [3.05, 3.63) is 29.6 Å². The summed E-state index contributed by atoms with van der Waals surface area (Å²) in [4.78, 5) is 4.62. The van der Waals surface area contributed by atoms with Gasteiger partial charge in [-0.3, -0.25) is 0 Å². The molecule has 1 aliphatic carbocycles. The molecule has 102 valence electrons. The molecule has 1 fully saturated rings. The highest BCUT2D eigenvalue weighted by atomic mass is 15.0. The molecule has 3 heteroatoms. The smallest absolute Gasteiger partial charge is 0.106 e. The van der Waals surface area contributed by atoms with E-state index >= 15 is 0 Å². The number of hydrogen-bond acceptors (Lipinski definition) is 2. The summed E-state index contributed by atoms with van der Waals surface area (Å²) in [6.07, 6.45) is 6.12. The zero-order chi connectivity index (χ0) is 13.4. The van der Waals surface area contributed by atoms with Gasteiger partial charge in [0.25, 0.3) is 0 Å². The van der Waals surface area contributed by atoms with Gasteiger partial charge in [0.2, 0.25) is 0 Å². The van der Waals surface area contributed by atoms with E-state index in [9.17, 15) is 0 Å². The number of aryl methyl sites for hydroxylation is 2. The predicted octanol–water partition coefficient (Wildman–Crippen LogP) is 2.94. The van der Waals surface area contributed by atoms with Gasteiger partial charge in [-0.05, 0) is 62.6 Å². The molecule has 1 aliphatic rings. The van der Waals surface area contributed by atoms with Crippen molar-refractivity contribution >= 4 is 11.0 Å². The van der Waals surface area contributed by atoms with Gasteiger partial charge in [0, 0.05) is 13.1 Å². The molecule has 0 bridgehead atoms. The number of imidazole rings is 1. The van der Waals surface area contributed by atoms with Crippen molar-refractivity contribution in [2.24, 2.45) is 18.7 Å². The van der Waals surface area contributed by atoms with Gasteiger partial charge in [-0.1, -0.05) is 6.07 Å². The first-order valence-electron chi connectivity index (χ1n) is 7.31. The Hall–Kier alpha value is -1.35. The van der Waals surface area contributed by atoms with Crippen molar-refractivity contribution in [2.75, 3.05) is 0 Å². The summed E-state index contributed by atoms with van der Waals surface area (Å²) >= 11 is 0. The van der Waals surface area contributed by atoms with Gasteiger partial charge in [0.15, 0.2) is 0 Å². The summed E-state index contributed by atoms with van der Waals surface area (Å²) in [6.45, 7) is 2.06. The second-order valence-electron chi connectivity index (χ2n) is 6.03. The predicted molar refractivity (Wildman–Crippen MR) is 79.1 cm³/mol. The first-order chi connectivity index (χ1) is 9.13. The van der Waals surface area contributed by atoms with Crippen LogP contribution >= 0.6 is 0 Å². The maximum atomic E-state index is 5.97. The summed E-state index contributed by atoms with van der Waals surface area (Å²) in [7, 11) is 2.08. The Labute approximate surface area is 114 Å². The van der Waals surface area contributed by atoms with Gasteiger partial charge < -0.3 is 10.3 Å². The van der Waals surface area contributed by atoms with Crippen LogP contribution in [0.2, 0.25) is 0 Å². The lowest BCUT2D eigenvalue weighted by atomic mass is 9.83. The molecular formula is C16H23N3. The van der Waals surface area contributed by atoms with Crippen molar-refractivity contribution in [2.45, 2.75) is 45.1 Å². The Morgan fingerprint density at radius 3 is 2.74 bits per heavy atom. The highest BCUT2D eigenvalue weighted by Crippen LogP contribution is 2.27. The van der Waals surface area contributed by atoms with E-state index in [1.807, 2.05) is 0 Å². The van der Waals surface area contributed by atoms with Crippen LogP contribution in [-0.2, 0) is 13.5 Å². The molecule has 1 aromatic heterocycles. The average Bonchev–Trinajstić information content (AvgIpc) is 2.68. The maximum Gasteiger partial charge on any atom is 0.106 e. The standard InChI is InChI=1S/C16H23N3/c1-11-18-15-10-13(5-8-16(15)19(11)2)9-12-3-6-14(17)7-4-12/h5,8,10,12,14H,3-4,6-7,9,17H2,1-2H3. The summed E-state index contributed by atoms with van der Waals surface area (Å²) in [5.74, 6) is 1.89. The quantitative estimate of drug-likeness (QED) is 0.899. The molecule has 0 radical (unpaired) electrons. The summed E-state index contributed by atoms with van der Waals surface area (Å²) in [6, 6.07) is 7.17. The number of hydrogen-bond donors (Lipinski definition) is 1. The molecular weight excluding hydrogens is 234 g/mol. The van der Waals surface area contributed by atoms with E-state index < -0.39 is 0 Å². The van der Waals surface area contributed by atoms with Gasteiger partial charge in [-0.15, -0.1) is 0 Å². The number of aromatic nitrogens is 2. The lowest BCUT2D eigenvalue weighted by Crippen LogP contribution is -2.27. The van der Waals surface area contributed by atoms with Crippen molar-refractivity contribution in [3.8, 4) is 0 Å². The van der Waals surface area contributed by atoms with Gasteiger partial charge in [0.05, 0.1) is 11.0 Å². The highest BCUT2D eigenvalue weighted by molar-refractivity contribution is 5.76. The summed E-state index contributed by atoms with van der Waals surface area (Å²) < 4.78 is 2.15. The summed E-state index contributed by atoms with van der Waals surface area (Å²) in [5.41, 5.74) is 9.75. The molecule has 3 nitrogen and oxygen atoms in total. The minimum absolute atomic E-state index is 0.442. The summed E-state index contributed by atoms with van der Waals surface area (Å²) in [5, 5.41) is 0. The van der Waals surface area contributed by atoms with Crippen molar-refractivity contribution in [3.63, 3.8) is 0 Å². The lowest BCUT2D eigenvalue weighted by Gasteiger charge is -2.26. The molecule has 1 heterocycles. The molecule has 2 aromatic rings. The first kappa shape index (κ1) is 12.7. The number of nitrogens with two attached hydrogens (primary N) is 1. The van der Waals surface area contributed by atoms with Crippen LogP contribution in [0, 0.1) is 12.8 Å². The second kappa shape index (κ2) is 4.97. The number of nitrogens with zero attached hydrogens (tertiary/aromatic N) is 2. The zero-order valence-corrected chi connectivity index (χ0v) is 11.9. The van der Waals surface area contributed by atoms with Gasteiger partial charge in [-0.2, -0.15) is 0 Å². The molecule has 19 heavy (non-hydrogen) atoms. The van der Waals surface area contributed by atoms with Crippen LogP contribution in [0.3, 0.4) is 0 Å². The fourth-order valence-electron chi connectivity index (χ4n) is 3.22. The van der Waals surface area contributed by atoms with Crippen molar-refractivity contribution in [1.29, 1.82) is 0 Å². The molecule has 0 spiro atoms. The Morgan fingerprint density at radius 2 is 2.00 bits per heavy atom. The first-order valence-corrected chi connectivity index (χ1v) is 7.31. The van der Waals surface area contributed by atoms with Crippen LogP contribution in [0.1, 0.15) is 37.1 Å². The van der Waals surface area contributed by atoms with E-state index in [2.05, 4.69) is 41.7 Å². The van der Waals surface area contributed by atoms with E-state index in [4.69, 9.17) is 5.73 Å². The van der Waals surface area contributed by atoms with Gasteiger partial charge in [-0.25, -0.2) is 4.98 Å². The molecule has 2 N–H and O–H groups in total. The topological polar surface area (TPSA) is 43.8 Å². The monoisotopic (exact) mass is 257 g/mol. The van der Waals surface area contributed by atoms with Crippen LogP contribution < -0.4 is 5.73 Å². The minimum Gasteiger partial charge on any atom is -0.331 e. The zero-order valence-electron chi connectivity index (χ0n) is 11.9. The Kier molecular flexibility index (Phi) is 3.31. The molecule has 0 saturated heterocycles. The Bertz CT molecular complexity index is 577. The van der Waals surface area contributed by atoms with Crippen LogP contribution in [0.4, 0.5) is 0 Å². The SMILES string of the molecule is Cc1nc2cc(CC3CCC(N)CC3)ccc2n1C. The number of benzene rings is 1. The van der Waals surface area contributed by atoms with Crippen LogP contribution in [0.15, 0.2) is 18.2 Å². The van der Waals surface area contributed by atoms with E-state index in [1.165, 1.54) is 43.2 Å². The molecule has 3 rings (SSSR count). The third-order valence-corrected chi connectivity index (χ3v) is 4.58. The molecule has 0 aliphatic heterocycles. The van der Waals surface area contributed by atoms with Crippen molar-refractivity contribution in [1.82, 2.24) is 9.55 Å².